The van der Waals surface area contributed by atoms with Crippen LogP contribution in [0.4, 0.5) is 0 Å². The maximum atomic E-state index is 12.6. The van der Waals surface area contributed by atoms with Crippen LogP contribution in [0, 0.1) is 34.5 Å². The monoisotopic (exact) mass is 390 g/mol. The Hall–Kier alpha value is -0.940. The average Bonchev–Trinajstić information content (AvgIpc) is 2.95. The second kappa shape index (κ2) is 7.09. The van der Waals surface area contributed by atoms with Crippen LogP contribution in [0.25, 0.3) is 0 Å². The molecule has 4 saturated carbocycles. The smallest absolute Gasteiger partial charge is 0.139 e. The molecular weight excluding hydrogens is 352 g/mol. The summed E-state index contributed by atoms with van der Waals surface area (Å²) < 4.78 is 0. The maximum absolute atomic E-state index is 12.6. The van der Waals surface area contributed by atoms with Crippen LogP contribution in [-0.2, 0) is 9.63 Å². The van der Waals surface area contributed by atoms with Crippen LogP contribution in [0.5, 0.6) is 0 Å². The third-order valence-corrected chi connectivity index (χ3v) is 9.30. The van der Waals surface area contributed by atoms with Crippen molar-refractivity contribution < 1.29 is 14.7 Å². The molecule has 4 aliphatic rings. The van der Waals surface area contributed by atoms with Gasteiger partial charge in [-0.05, 0) is 75.2 Å². The lowest BCUT2D eigenvalue weighted by molar-refractivity contribution is -0.206. The quantitative estimate of drug-likeness (QED) is 0.566. The zero-order valence-electron chi connectivity index (χ0n) is 17.9. The number of nitrogens with zero attached hydrogens (tertiary/aromatic N) is 1. The van der Waals surface area contributed by atoms with Gasteiger partial charge in [0.25, 0.3) is 0 Å². The van der Waals surface area contributed by atoms with E-state index in [2.05, 4.69) is 25.9 Å². The molecule has 0 aromatic heterocycles. The van der Waals surface area contributed by atoms with Crippen molar-refractivity contribution in [2.75, 3.05) is 13.2 Å². The lowest BCUT2D eigenvalue weighted by atomic mass is 9.41. The van der Waals surface area contributed by atoms with Gasteiger partial charge in [-0.3, -0.25) is 4.79 Å². The van der Waals surface area contributed by atoms with E-state index in [4.69, 9.17) is 10.6 Å². The van der Waals surface area contributed by atoms with E-state index in [1.54, 1.807) is 0 Å². The largest absolute Gasteiger partial charge is 0.396 e. The number of hydrogen-bond acceptors (Lipinski definition) is 5. The summed E-state index contributed by atoms with van der Waals surface area (Å²) >= 11 is 0. The van der Waals surface area contributed by atoms with E-state index in [0.29, 0.717) is 49.0 Å². The summed E-state index contributed by atoms with van der Waals surface area (Å²) in [6, 6.07) is 0. The Labute approximate surface area is 169 Å². The summed E-state index contributed by atoms with van der Waals surface area (Å²) in [5, 5.41) is 16.2. The molecular formula is C23H38N2O3. The number of ketones is 1. The minimum Gasteiger partial charge on any atom is -0.396 e. The van der Waals surface area contributed by atoms with E-state index in [1.165, 1.54) is 0 Å². The lowest BCUT2D eigenvalue weighted by Crippen LogP contribution is -2.64. The molecule has 0 aliphatic heterocycles. The first-order valence-corrected chi connectivity index (χ1v) is 11.4. The summed E-state index contributed by atoms with van der Waals surface area (Å²) in [6.45, 7) is 8.01. The Morgan fingerprint density at radius 2 is 2.00 bits per heavy atom. The van der Waals surface area contributed by atoms with Crippen molar-refractivity contribution in [1.82, 2.24) is 0 Å². The zero-order valence-corrected chi connectivity index (χ0v) is 17.9. The highest BCUT2D eigenvalue weighted by Crippen LogP contribution is 2.67. The first-order valence-electron chi connectivity index (χ1n) is 11.4. The molecule has 0 radical (unpaired) electrons. The van der Waals surface area contributed by atoms with Crippen LogP contribution < -0.4 is 5.73 Å². The van der Waals surface area contributed by atoms with Crippen LogP contribution in [0.1, 0.15) is 78.6 Å². The third kappa shape index (κ3) is 2.87. The molecule has 0 aromatic carbocycles. The zero-order chi connectivity index (χ0) is 20.2. The Morgan fingerprint density at radius 3 is 2.75 bits per heavy atom. The number of hydrogen-bond donors (Lipinski definition) is 2. The molecule has 4 rings (SSSR count). The van der Waals surface area contributed by atoms with Gasteiger partial charge in [0.2, 0.25) is 0 Å². The molecule has 0 spiro atoms. The van der Waals surface area contributed by atoms with Crippen molar-refractivity contribution in [1.29, 1.82) is 0 Å². The normalized spacial score (nSPS) is 49.5. The molecule has 28 heavy (non-hydrogen) atoms. The molecule has 0 amide bonds. The molecule has 0 saturated heterocycles. The van der Waals surface area contributed by atoms with Gasteiger partial charge in [0.15, 0.2) is 0 Å². The van der Waals surface area contributed by atoms with E-state index in [-0.39, 0.29) is 10.8 Å². The van der Waals surface area contributed by atoms with Gasteiger partial charge in [0.05, 0.1) is 11.3 Å². The second-order valence-electron chi connectivity index (χ2n) is 10.6. The summed E-state index contributed by atoms with van der Waals surface area (Å²) in [5.74, 6) is 2.50. The van der Waals surface area contributed by atoms with E-state index in [9.17, 15) is 9.90 Å². The van der Waals surface area contributed by atoms with Crippen molar-refractivity contribution >= 4 is 11.5 Å². The Kier molecular flexibility index (Phi) is 5.15. The molecule has 158 valence electrons. The topological polar surface area (TPSA) is 84.9 Å². The van der Waals surface area contributed by atoms with Gasteiger partial charge < -0.3 is 15.7 Å². The molecule has 0 heterocycles. The van der Waals surface area contributed by atoms with Crippen molar-refractivity contribution in [3.8, 4) is 0 Å². The van der Waals surface area contributed by atoms with Gasteiger partial charge in [-0.2, -0.15) is 0 Å². The fraction of sp³-hybridized carbons (Fsp3) is 0.913. The number of carbonyl (C=O) groups excluding carboxylic acids is 1. The van der Waals surface area contributed by atoms with Crippen molar-refractivity contribution in [2.45, 2.75) is 84.2 Å². The van der Waals surface area contributed by atoms with Crippen molar-refractivity contribution in [3.63, 3.8) is 0 Å². The molecule has 4 aliphatic carbocycles. The van der Waals surface area contributed by atoms with Crippen LogP contribution in [0.2, 0.25) is 0 Å². The van der Waals surface area contributed by atoms with Crippen LogP contribution >= 0.6 is 0 Å². The van der Waals surface area contributed by atoms with E-state index in [0.717, 1.165) is 57.1 Å². The van der Waals surface area contributed by atoms with Gasteiger partial charge in [0, 0.05) is 23.7 Å². The van der Waals surface area contributed by atoms with Crippen molar-refractivity contribution in [3.05, 3.63) is 0 Å². The minimum atomic E-state index is -0.710. The summed E-state index contributed by atoms with van der Waals surface area (Å²) in [6.07, 6.45) is 8.00. The number of oxime groups is 1. The summed E-state index contributed by atoms with van der Waals surface area (Å²) in [5.41, 5.74) is 5.60. The van der Waals surface area contributed by atoms with Crippen LogP contribution in [0.3, 0.4) is 0 Å². The molecule has 0 bridgehead atoms. The highest BCUT2D eigenvalue weighted by atomic mass is 16.6. The SMILES string of the molecule is C[C@@H]1C[C@@]2(O)CC(=NOCCCN)CC[C@]2(C)[C@H]2CC[C@]3(C)C(=O)CC[C@H]3[C@H]12. The number of Topliss-reactive ketones (excluding diaryl/α,β-unsaturated/α-hetero) is 1. The van der Waals surface area contributed by atoms with Gasteiger partial charge in [-0.15, -0.1) is 0 Å². The van der Waals surface area contributed by atoms with E-state index < -0.39 is 5.60 Å². The van der Waals surface area contributed by atoms with Crippen molar-refractivity contribution in [2.24, 2.45) is 45.4 Å². The molecule has 0 unspecified atom stereocenters. The number of aliphatic hydroxyl groups is 1. The highest BCUT2D eigenvalue weighted by molar-refractivity contribution is 5.87. The number of rotatable bonds is 4. The predicted molar refractivity (Wildman–Crippen MR) is 110 cm³/mol. The van der Waals surface area contributed by atoms with Crippen LogP contribution in [-0.4, -0.2) is 35.4 Å². The molecule has 0 aromatic rings. The average molecular weight is 391 g/mol. The molecule has 5 nitrogen and oxygen atoms in total. The van der Waals surface area contributed by atoms with Gasteiger partial charge >= 0.3 is 0 Å². The predicted octanol–water partition coefficient (Wildman–Crippen LogP) is 3.68. The highest BCUT2D eigenvalue weighted by Gasteiger charge is 2.66. The van der Waals surface area contributed by atoms with Crippen LogP contribution in [0.15, 0.2) is 5.16 Å². The standard InChI is InChI=1S/C23H38N2O3/c1-15-13-23(27)14-16(25-28-12-4-11-24)7-10-22(23,3)18-8-9-21(2)17(20(15)18)5-6-19(21)26/h15,17-18,20,27H,4-14,24H2,1-3H3/t15-,17+,18+,20+,21+,22-,23-/m1/s1. The van der Waals surface area contributed by atoms with E-state index in [1.807, 2.05) is 0 Å². The Bertz CT molecular complexity index is 664. The summed E-state index contributed by atoms with van der Waals surface area (Å²) in [7, 11) is 0. The third-order valence-electron chi connectivity index (χ3n) is 9.30. The summed E-state index contributed by atoms with van der Waals surface area (Å²) in [4.78, 5) is 18.1. The fourth-order valence-corrected chi connectivity index (χ4v) is 7.64. The maximum Gasteiger partial charge on any atom is 0.139 e. The Balaban J connectivity index is 1.57. The molecule has 5 heteroatoms. The molecule has 4 fully saturated rings. The second-order valence-corrected chi connectivity index (χ2v) is 10.6. The molecule has 7 atom stereocenters. The lowest BCUT2D eigenvalue weighted by Gasteiger charge is -2.64. The van der Waals surface area contributed by atoms with Gasteiger partial charge in [0.1, 0.15) is 12.4 Å². The van der Waals surface area contributed by atoms with Gasteiger partial charge in [-0.1, -0.05) is 25.9 Å². The molecule has 3 N–H and O–H groups in total. The number of carbonyl (C=O) groups is 1. The first kappa shape index (κ1) is 20.3. The minimum absolute atomic E-state index is 0.0899. The first-order chi connectivity index (χ1) is 13.2. The van der Waals surface area contributed by atoms with E-state index >= 15 is 0 Å². The number of fused-ring (bicyclic) bond motifs is 5. The van der Waals surface area contributed by atoms with Gasteiger partial charge in [-0.25, -0.2) is 0 Å². The number of nitrogens with two attached hydrogens (primary N) is 1. The Morgan fingerprint density at radius 1 is 1.21 bits per heavy atom. The fourth-order valence-electron chi connectivity index (χ4n) is 7.64.